The minimum atomic E-state index is -0.690. The Balaban J connectivity index is 2.04. The van der Waals surface area contributed by atoms with Crippen LogP contribution < -0.4 is 10.1 Å². The molecule has 7 heteroatoms. The summed E-state index contributed by atoms with van der Waals surface area (Å²) in [6.45, 7) is 4.58. The van der Waals surface area contributed by atoms with Gasteiger partial charge in [0.2, 0.25) is 0 Å². The van der Waals surface area contributed by atoms with Crippen LogP contribution in [0.4, 0.5) is 11.6 Å². The number of nitrogens with zero attached hydrogens (tertiary/aromatic N) is 1. The third-order valence-electron chi connectivity index (χ3n) is 3.21. The molecule has 0 aliphatic carbocycles. The average Bonchev–Trinajstić information content (AvgIpc) is 3.00. The molecule has 1 aromatic carbocycles. The number of benzene rings is 1. The van der Waals surface area contributed by atoms with Crippen LogP contribution in [0.3, 0.4) is 0 Å². The van der Waals surface area contributed by atoms with Crippen LogP contribution in [0.25, 0.3) is 0 Å². The number of hydrogen-bond acceptors (Lipinski definition) is 5. The average molecular weight is 318 g/mol. The molecular weight excluding hydrogens is 300 g/mol. The van der Waals surface area contributed by atoms with Crippen molar-refractivity contribution in [1.29, 1.82) is 0 Å². The number of nitrogens with one attached hydrogen (secondary N) is 1. The number of carbonyl (C=O) groups is 1. The highest BCUT2D eigenvalue weighted by Gasteiger charge is 2.17. The molecule has 0 bridgehead atoms. The second-order valence-corrected chi connectivity index (χ2v) is 5.03. The first-order valence-electron chi connectivity index (χ1n) is 7.30. The van der Waals surface area contributed by atoms with Gasteiger partial charge in [-0.15, -0.1) is 0 Å². The zero-order valence-corrected chi connectivity index (χ0v) is 13.0. The molecule has 1 aromatic heterocycles. The lowest BCUT2D eigenvalue weighted by molar-refractivity contribution is -0.402. The monoisotopic (exact) mass is 318 g/mol. The van der Waals surface area contributed by atoms with Crippen LogP contribution >= 0.6 is 0 Å². The molecule has 0 atom stereocenters. The number of nitro groups is 1. The van der Waals surface area contributed by atoms with Crippen LogP contribution in [0.2, 0.25) is 0 Å². The van der Waals surface area contributed by atoms with Gasteiger partial charge in [0.1, 0.15) is 10.7 Å². The molecule has 1 N–H and O–H groups in total. The van der Waals surface area contributed by atoms with Crippen molar-refractivity contribution in [2.24, 2.45) is 0 Å². The molecule has 0 aliphatic rings. The van der Waals surface area contributed by atoms with Gasteiger partial charge in [-0.1, -0.05) is 13.3 Å². The predicted molar refractivity (Wildman–Crippen MR) is 84.9 cm³/mol. The third kappa shape index (κ3) is 4.32. The quantitative estimate of drug-likeness (QED) is 0.474. The van der Waals surface area contributed by atoms with E-state index in [1.165, 1.54) is 6.07 Å². The fourth-order valence-electron chi connectivity index (χ4n) is 1.93. The van der Waals surface area contributed by atoms with E-state index >= 15 is 0 Å². The Kier molecular flexibility index (Phi) is 5.35. The van der Waals surface area contributed by atoms with E-state index in [-0.39, 0.29) is 5.76 Å². The zero-order valence-electron chi connectivity index (χ0n) is 13.0. The van der Waals surface area contributed by atoms with Crippen LogP contribution in [0.5, 0.6) is 5.75 Å². The predicted octanol–water partition coefficient (Wildman–Crippen LogP) is 3.93. The summed E-state index contributed by atoms with van der Waals surface area (Å²) in [4.78, 5) is 21.9. The van der Waals surface area contributed by atoms with Crippen LogP contribution in [-0.2, 0) is 0 Å². The van der Waals surface area contributed by atoms with E-state index in [2.05, 4.69) is 12.2 Å². The summed E-state index contributed by atoms with van der Waals surface area (Å²) in [5, 5.41) is 13.2. The fraction of sp³-hybridized carbons (Fsp3) is 0.312. The van der Waals surface area contributed by atoms with Crippen molar-refractivity contribution in [2.75, 3.05) is 11.9 Å². The van der Waals surface area contributed by atoms with Gasteiger partial charge in [0, 0.05) is 5.69 Å². The number of carbonyl (C=O) groups excluding carboxylic acids is 1. The molecule has 23 heavy (non-hydrogen) atoms. The Bertz CT molecular complexity index is 708. The van der Waals surface area contributed by atoms with Gasteiger partial charge in [-0.3, -0.25) is 14.9 Å². The highest BCUT2D eigenvalue weighted by Crippen LogP contribution is 2.23. The number of hydrogen-bond donors (Lipinski definition) is 1. The minimum absolute atomic E-state index is 0.112. The Labute approximate surface area is 133 Å². The first-order chi connectivity index (χ1) is 11.0. The van der Waals surface area contributed by atoms with Crippen LogP contribution in [0.15, 0.2) is 34.7 Å². The SMILES string of the molecule is CCCCOc1ccc(NC(=O)c2ccc([N+](=O)[O-])o2)c(C)c1. The van der Waals surface area contributed by atoms with Gasteiger partial charge in [-0.2, -0.15) is 0 Å². The summed E-state index contributed by atoms with van der Waals surface area (Å²) in [6, 6.07) is 7.74. The molecule has 0 radical (unpaired) electrons. The number of rotatable bonds is 7. The van der Waals surface area contributed by atoms with Crippen LogP contribution in [0, 0.1) is 17.0 Å². The maximum atomic E-state index is 12.0. The van der Waals surface area contributed by atoms with E-state index in [9.17, 15) is 14.9 Å². The lowest BCUT2D eigenvalue weighted by Crippen LogP contribution is -2.12. The molecule has 7 nitrogen and oxygen atoms in total. The van der Waals surface area contributed by atoms with Gasteiger partial charge in [-0.05, 0) is 43.2 Å². The van der Waals surface area contributed by atoms with Gasteiger partial charge in [0.05, 0.1) is 12.7 Å². The van der Waals surface area contributed by atoms with Crippen molar-refractivity contribution in [3.63, 3.8) is 0 Å². The number of anilines is 1. The molecule has 0 fully saturated rings. The van der Waals surface area contributed by atoms with Crippen molar-refractivity contribution in [3.8, 4) is 5.75 Å². The molecule has 0 aliphatic heterocycles. The number of unbranched alkanes of at least 4 members (excludes halogenated alkanes) is 1. The molecule has 1 amide bonds. The lowest BCUT2D eigenvalue weighted by atomic mass is 10.2. The lowest BCUT2D eigenvalue weighted by Gasteiger charge is -2.10. The van der Waals surface area contributed by atoms with Crippen molar-refractivity contribution >= 4 is 17.5 Å². The second kappa shape index (κ2) is 7.44. The maximum absolute atomic E-state index is 12.0. The Morgan fingerprint density at radius 3 is 2.74 bits per heavy atom. The van der Waals surface area contributed by atoms with Crippen molar-refractivity contribution in [1.82, 2.24) is 0 Å². The number of furan rings is 1. The van der Waals surface area contributed by atoms with Gasteiger partial charge >= 0.3 is 5.88 Å². The Morgan fingerprint density at radius 1 is 1.35 bits per heavy atom. The maximum Gasteiger partial charge on any atom is 0.433 e. The van der Waals surface area contributed by atoms with Crippen LogP contribution in [0.1, 0.15) is 35.9 Å². The Hall–Kier alpha value is -2.83. The highest BCUT2D eigenvalue weighted by atomic mass is 16.6. The van der Waals surface area contributed by atoms with E-state index in [1.54, 1.807) is 12.1 Å². The summed E-state index contributed by atoms with van der Waals surface area (Å²) >= 11 is 0. The molecule has 122 valence electrons. The molecule has 2 rings (SSSR count). The summed E-state index contributed by atoms with van der Waals surface area (Å²) in [5.41, 5.74) is 1.42. The van der Waals surface area contributed by atoms with E-state index in [0.29, 0.717) is 12.3 Å². The first-order valence-corrected chi connectivity index (χ1v) is 7.30. The second-order valence-electron chi connectivity index (χ2n) is 5.03. The van der Waals surface area contributed by atoms with E-state index in [0.717, 1.165) is 30.2 Å². The zero-order chi connectivity index (χ0) is 16.8. The third-order valence-corrected chi connectivity index (χ3v) is 3.21. The molecule has 1 heterocycles. The molecule has 0 saturated carbocycles. The Morgan fingerprint density at radius 2 is 2.13 bits per heavy atom. The van der Waals surface area contributed by atoms with Gasteiger partial charge < -0.3 is 14.5 Å². The molecule has 0 unspecified atom stereocenters. The van der Waals surface area contributed by atoms with Crippen LogP contribution in [-0.4, -0.2) is 17.4 Å². The van der Waals surface area contributed by atoms with E-state index in [4.69, 9.17) is 9.15 Å². The van der Waals surface area contributed by atoms with Gasteiger partial charge in [0.15, 0.2) is 5.76 Å². The molecule has 0 saturated heterocycles. The van der Waals surface area contributed by atoms with Gasteiger partial charge in [-0.25, -0.2) is 0 Å². The number of ether oxygens (including phenoxy) is 1. The van der Waals surface area contributed by atoms with Crippen molar-refractivity contribution < 1.29 is 18.9 Å². The van der Waals surface area contributed by atoms with Gasteiger partial charge in [0.25, 0.3) is 5.91 Å². The van der Waals surface area contributed by atoms with Crippen molar-refractivity contribution in [3.05, 3.63) is 51.8 Å². The standard InChI is InChI=1S/C16H18N2O5/c1-3-4-9-22-12-5-6-13(11(2)10-12)17-16(19)14-7-8-15(23-14)18(20)21/h5-8,10H,3-4,9H2,1-2H3,(H,17,19). The topological polar surface area (TPSA) is 94.6 Å². The fourth-order valence-corrected chi connectivity index (χ4v) is 1.93. The summed E-state index contributed by atoms with van der Waals surface area (Å²) in [6.07, 6.45) is 2.04. The largest absolute Gasteiger partial charge is 0.494 e. The summed E-state index contributed by atoms with van der Waals surface area (Å²) < 4.78 is 10.5. The van der Waals surface area contributed by atoms with Crippen molar-refractivity contribution in [2.45, 2.75) is 26.7 Å². The minimum Gasteiger partial charge on any atom is -0.494 e. The summed E-state index contributed by atoms with van der Waals surface area (Å²) in [7, 11) is 0. The molecule has 2 aromatic rings. The summed E-state index contributed by atoms with van der Waals surface area (Å²) in [5.74, 6) is -0.380. The smallest absolute Gasteiger partial charge is 0.433 e. The molecule has 0 spiro atoms. The molecular formula is C16H18N2O5. The number of aryl methyl sites for hydroxylation is 1. The first kappa shape index (κ1) is 16.5. The number of amides is 1. The van der Waals surface area contributed by atoms with E-state index < -0.39 is 16.7 Å². The van der Waals surface area contributed by atoms with E-state index in [1.807, 2.05) is 13.0 Å². The normalized spacial score (nSPS) is 10.3. The highest BCUT2D eigenvalue weighted by molar-refractivity contribution is 6.02.